The molecule has 0 spiro atoms. The summed E-state index contributed by atoms with van der Waals surface area (Å²) in [7, 11) is 4.30. The first kappa shape index (κ1) is 30.9. The molecule has 0 saturated carbocycles. The van der Waals surface area contributed by atoms with Crippen molar-refractivity contribution in [2.24, 2.45) is 0 Å². The standard InChI is InChI=1S/C33H52NO3/c1-4-5-6-7-8-9-10-11-12-14-19-30-22-17-23-32(28-30)36-26-18-27-37-33(35)24-25-34(2,3)29-31-20-15-13-16-21-31/h13,15-17,20-23,28H,4-12,14,18-19,24-27,29H2,1-3H3/q+1. The highest BCUT2D eigenvalue weighted by atomic mass is 16.5. The highest BCUT2D eigenvalue weighted by molar-refractivity contribution is 5.69. The zero-order valence-corrected chi connectivity index (χ0v) is 23.9. The van der Waals surface area contributed by atoms with Crippen molar-refractivity contribution >= 4 is 5.97 Å². The number of carbonyl (C=O) groups excluding carboxylic acids is 1. The summed E-state index contributed by atoms with van der Waals surface area (Å²) in [5, 5.41) is 0. The predicted octanol–water partition coefficient (Wildman–Crippen LogP) is 8.13. The van der Waals surface area contributed by atoms with Crippen molar-refractivity contribution < 1.29 is 18.8 Å². The van der Waals surface area contributed by atoms with Crippen LogP contribution < -0.4 is 4.74 Å². The van der Waals surface area contributed by atoms with Gasteiger partial charge in [0, 0.05) is 12.0 Å². The van der Waals surface area contributed by atoms with E-state index in [-0.39, 0.29) is 5.97 Å². The smallest absolute Gasteiger partial charge is 0.311 e. The van der Waals surface area contributed by atoms with E-state index in [0.717, 1.165) is 29.7 Å². The molecule has 0 bridgehead atoms. The average molecular weight is 511 g/mol. The lowest BCUT2D eigenvalue weighted by Gasteiger charge is -2.29. The summed E-state index contributed by atoms with van der Waals surface area (Å²) in [5.41, 5.74) is 2.63. The molecule has 2 aromatic carbocycles. The van der Waals surface area contributed by atoms with E-state index in [0.29, 0.717) is 26.1 Å². The van der Waals surface area contributed by atoms with Gasteiger partial charge in [0.15, 0.2) is 0 Å². The predicted molar refractivity (Wildman–Crippen MR) is 155 cm³/mol. The van der Waals surface area contributed by atoms with E-state index in [1.807, 2.05) is 12.1 Å². The topological polar surface area (TPSA) is 35.5 Å². The maximum absolute atomic E-state index is 12.2. The summed E-state index contributed by atoms with van der Waals surface area (Å²) < 4.78 is 12.1. The Hall–Kier alpha value is -2.33. The number of nitrogens with zero attached hydrogens (tertiary/aromatic N) is 1. The van der Waals surface area contributed by atoms with E-state index in [2.05, 4.69) is 63.5 Å². The number of quaternary nitrogens is 1. The number of carbonyl (C=O) groups is 1. The van der Waals surface area contributed by atoms with Crippen LogP contribution in [0.1, 0.15) is 95.1 Å². The van der Waals surface area contributed by atoms with Crippen LogP contribution in [0.4, 0.5) is 0 Å². The van der Waals surface area contributed by atoms with Crippen molar-refractivity contribution in [3.8, 4) is 5.75 Å². The van der Waals surface area contributed by atoms with Crippen LogP contribution in [0, 0.1) is 0 Å². The second-order valence-electron chi connectivity index (χ2n) is 11.1. The Kier molecular flexibility index (Phi) is 15.7. The molecule has 0 N–H and O–H groups in total. The largest absolute Gasteiger partial charge is 0.493 e. The third-order valence-corrected chi connectivity index (χ3v) is 6.91. The van der Waals surface area contributed by atoms with Crippen LogP contribution in [0.15, 0.2) is 54.6 Å². The molecule has 0 saturated heterocycles. The molecule has 0 atom stereocenters. The van der Waals surface area contributed by atoms with Gasteiger partial charge in [0.1, 0.15) is 12.3 Å². The minimum atomic E-state index is -0.127. The first-order valence-electron chi connectivity index (χ1n) is 14.7. The van der Waals surface area contributed by atoms with Crippen LogP contribution in [0.2, 0.25) is 0 Å². The van der Waals surface area contributed by atoms with Gasteiger partial charge < -0.3 is 14.0 Å². The number of unbranched alkanes of at least 4 members (excludes halogenated alkanes) is 9. The molecule has 4 heteroatoms. The van der Waals surface area contributed by atoms with Gasteiger partial charge in [-0.2, -0.15) is 0 Å². The summed E-state index contributed by atoms with van der Waals surface area (Å²) in [6.07, 6.45) is 15.9. The number of rotatable bonds is 21. The van der Waals surface area contributed by atoms with Gasteiger partial charge in [-0.25, -0.2) is 0 Å². The van der Waals surface area contributed by atoms with Gasteiger partial charge in [-0.1, -0.05) is 107 Å². The Balaban J connectivity index is 1.50. The van der Waals surface area contributed by atoms with Crippen LogP contribution >= 0.6 is 0 Å². The van der Waals surface area contributed by atoms with E-state index in [1.165, 1.54) is 75.3 Å². The second kappa shape index (κ2) is 18.8. The fourth-order valence-corrected chi connectivity index (χ4v) is 4.67. The molecule has 0 unspecified atom stereocenters. The molecule has 206 valence electrons. The lowest BCUT2D eigenvalue weighted by Crippen LogP contribution is -2.40. The Morgan fingerprint density at radius 1 is 0.730 bits per heavy atom. The first-order chi connectivity index (χ1) is 18.0. The third kappa shape index (κ3) is 15.5. The highest BCUT2D eigenvalue weighted by Crippen LogP contribution is 2.17. The molecule has 2 aromatic rings. The van der Waals surface area contributed by atoms with Crippen molar-refractivity contribution in [3.63, 3.8) is 0 Å². The minimum absolute atomic E-state index is 0.127. The van der Waals surface area contributed by atoms with Gasteiger partial charge in [-0.05, 0) is 30.5 Å². The maximum Gasteiger partial charge on any atom is 0.311 e. The van der Waals surface area contributed by atoms with E-state index in [1.54, 1.807) is 0 Å². The van der Waals surface area contributed by atoms with Gasteiger partial charge in [0.2, 0.25) is 0 Å². The van der Waals surface area contributed by atoms with Gasteiger partial charge in [-0.3, -0.25) is 4.79 Å². The fourth-order valence-electron chi connectivity index (χ4n) is 4.67. The number of hydrogen-bond donors (Lipinski definition) is 0. The summed E-state index contributed by atoms with van der Waals surface area (Å²) in [6, 6.07) is 18.9. The Bertz CT molecular complexity index is 850. The molecular formula is C33H52NO3+. The van der Waals surface area contributed by atoms with Crippen LogP contribution in [-0.4, -0.2) is 44.3 Å². The maximum atomic E-state index is 12.2. The SMILES string of the molecule is CCCCCCCCCCCCc1cccc(OCCCOC(=O)CC[N+](C)(C)Cc2ccccc2)c1. The first-order valence-corrected chi connectivity index (χ1v) is 14.7. The van der Waals surface area contributed by atoms with Crippen molar-refractivity contribution in [1.82, 2.24) is 0 Å². The van der Waals surface area contributed by atoms with E-state index < -0.39 is 0 Å². The molecular weight excluding hydrogens is 458 g/mol. The summed E-state index contributed by atoms with van der Waals surface area (Å²) in [6.45, 7) is 4.90. The molecule has 0 aromatic heterocycles. The van der Waals surface area contributed by atoms with Crippen molar-refractivity contribution in [2.45, 2.75) is 96.9 Å². The number of benzene rings is 2. The molecule has 0 radical (unpaired) electrons. The van der Waals surface area contributed by atoms with Crippen LogP contribution in [0.5, 0.6) is 5.75 Å². The number of esters is 1. The number of aryl methyl sites for hydroxylation is 1. The Labute approximate surface area is 227 Å². The quantitative estimate of drug-likeness (QED) is 0.0966. The summed E-state index contributed by atoms with van der Waals surface area (Å²) >= 11 is 0. The normalized spacial score (nSPS) is 11.4. The zero-order valence-electron chi connectivity index (χ0n) is 23.9. The molecule has 0 aliphatic rings. The average Bonchev–Trinajstić information content (AvgIpc) is 2.89. The molecule has 0 amide bonds. The van der Waals surface area contributed by atoms with Gasteiger partial charge in [0.25, 0.3) is 0 Å². The van der Waals surface area contributed by atoms with Crippen molar-refractivity contribution in [2.75, 3.05) is 33.9 Å². The molecule has 2 rings (SSSR count). The fraction of sp³-hybridized carbons (Fsp3) is 0.606. The Morgan fingerprint density at radius 3 is 2.08 bits per heavy atom. The van der Waals surface area contributed by atoms with Gasteiger partial charge >= 0.3 is 5.97 Å². The summed E-state index contributed by atoms with van der Waals surface area (Å²) in [4.78, 5) is 12.2. The number of hydrogen-bond acceptors (Lipinski definition) is 3. The third-order valence-electron chi connectivity index (χ3n) is 6.91. The van der Waals surface area contributed by atoms with Crippen LogP contribution in [0.3, 0.4) is 0 Å². The lowest BCUT2D eigenvalue weighted by atomic mass is 10.0. The van der Waals surface area contributed by atoms with Gasteiger partial charge in [0.05, 0.1) is 40.3 Å². The minimum Gasteiger partial charge on any atom is -0.493 e. The van der Waals surface area contributed by atoms with Crippen molar-refractivity contribution in [1.29, 1.82) is 0 Å². The molecule has 0 aliphatic carbocycles. The zero-order chi connectivity index (χ0) is 26.6. The van der Waals surface area contributed by atoms with Crippen LogP contribution in [0.25, 0.3) is 0 Å². The van der Waals surface area contributed by atoms with Crippen LogP contribution in [-0.2, 0) is 22.5 Å². The second-order valence-corrected chi connectivity index (χ2v) is 11.1. The lowest BCUT2D eigenvalue weighted by molar-refractivity contribution is -0.903. The molecule has 37 heavy (non-hydrogen) atoms. The molecule has 0 fully saturated rings. The van der Waals surface area contributed by atoms with E-state index in [9.17, 15) is 4.79 Å². The molecule has 0 heterocycles. The Morgan fingerprint density at radius 2 is 1.38 bits per heavy atom. The summed E-state index contributed by atoms with van der Waals surface area (Å²) in [5.74, 6) is 0.786. The van der Waals surface area contributed by atoms with Crippen molar-refractivity contribution in [3.05, 3.63) is 65.7 Å². The number of ether oxygens (including phenoxy) is 2. The molecule has 0 aliphatic heterocycles. The van der Waals surface area contributed by atoms with E-state index in [4.69, 9.17) is 9.47 Å². The monoisotopic (exact) mass is 510 g/mol. The molecule has 4 nitrogen and oxygen atoms in total. The highest BCUT2D eigenvalue weighted by Gasteiger charge is 2.18. The van der Waals surface area contributed by atoms with Gasteiger partial charge in [-0.15, -0.1) is 0 Å². The van der Waals surface area contributed by atoms with E-state index >= 15 is 0 Å².